The maximum atomic E-state index is 11.8. The lowest BCUT2D eigenvalue weighted by atomic mass is 10.0. The normalized spacial score (nSPS) is 19.3. The van der Waals surface area contributed by atoms with Crippen LogP contribution in [0.5, 0.6) is 0 Å². The molecule has 1 aromatic rings. The molecule has 1 aliphatic rings. The highest BCUT2D eigenvalue weighted by molar-refractivity contribution is 5.92. The van der Waals surface area contributed by atoms with Gasteiger partial charge >= 0.3 is 0 Å². The molecular formula is C16H26N4O2. The van der Waals surface area contributed by atoms with Crippen molar-refractivity contribution in [3.05, 3.63) is 23.7 Å². The van der Waals surface area contributed by atoms with Crippen LogP contribution < -0.4 is 11.1 Å². The molecule has 1 aromatic heterocycles. The number of likely N-dealkylation sites (tertiary alicyclic amines) is 1. The number of hydrogen-bond acceptors (Lipinski definition) is 3. The van der Waals surface area contributed by atoms with Gasteiger partial charge in [-0.3, -0.25) is 9.79 Å². The highest BCUT2D eigenvalue weighted by atomic mass is 16.3. The van der Waals surface area contributed by atoms with Crippen LogP contribution in [-0.4, -0.2) is 42.9 Å². The van der Waals surface area contributed by atoms with Crippen LogP contribution in [0.2, 0.25) is 0 Å². The number of furan rings is 1. The smallest absolute Gasteiger partial charge is 0.287 e. The topological polar surface area (TPSA) is 83.9 Å². The summed E-state index contributed by atoms with van der Waals surface area (Å²) in [5, 5.41) is 2.83. The van der Waals surface area contributed by atoms with Gasteiger partial charge in [-0.25, -0.2) is 0 Å². The van der Waals surface area contributed by atoms with E-state index in [1.807, 2.05) is 6.92 Å². The van der Waals surface area contributed by atoms with E-state index in [-0.39, 0.29) is 5.91 Å². The quantitative estimate of drug-likeness (QED) is 0.493. The predicted molar refractivity (Wildman–Crippen MR) is 86.9 cm³/mol. The molecule has 1 atom stereocenters. The lowest BCUT2D eigenvalue weighted by molar-refractivity contribution is 0.0925. The van der Waals surface area contributed by atoms with Crippen LogP contribution in [0, 0.1) is 12.8 Å². The first-order chi connectivity index (χ1) is 10.6. The minimum Gasteiger partial charge on any atom is -0.459 e. The molecule has 0 radical (unpaired) electrons. The average molecular weight is 306 g/mol. The zero-order chi connectivity index (χ0) is 15.9. The molecule has 22 heavy (non-hydrogen) atoms. The summed E-state index contributed by atoms with van der Waals surface area (Å²) in [7, 11) is 0. The van der Waals surface area contributed by atoms with Gasteiger partial charge in [0.1, 0.15) is 0 Å². The molecule has 6 nitrogen and oxygen atoms in total. The Morgan fingerprint density at radius 3 is 3.09 bits per heavy atom. The number of carbonyl (C=O) groups excluding carboxylic acids is 1. The average Bonchev–Trinajstić information content (AvgIpc) is 2.92. The Morgan fingerprint density at radius 2 is 2.41 bits per heavy atom. The molecule has 1 saturated heterocycles. The molecule has 0 spiro atoms. The highest BCUT2D eigenvalue weighted by Gasteiger charge is 2.17. The molecule has 6 heteroatoms. The van der Waals surface area contributed by atoms with E-state index in [2.05, 4.69) is 22.1 Å². The van der Waals surface area contributed by atoms with Crippen molar-refractivity contribution in [2.75, 3.05) is 26.2 Å². The lowest BCUT2D eigenvalue weighted by Gasteiger charge is -2.31. The van der Waals surface area contributed by atoms with Crippen LogP contribution in [0.15, 0.2) is 21.7 Å². The lowest BCUT2D eigenvalue weighted by Crippen LogP contribution is -2.43. The van der Waals surface area contributed by atoms with Crippen molar-refractivity contribution >= 4 is 11.9 Å². The van der Waals surface area contributed by atoms with Crippen molar-refractivity contribution < 1.29 is 9.21 Å². The van der Waals surface area contributed by atoms with E-state index in [4.69, 9.17) is 10.2 Å². The van der Waals surface area contributed by atoms with Gasteiger partial charge in [-0.2, -0.15) is 0 Å². The van der Waals surface area contributed by atoms with E-state index in [0.717, 1.165) is 25.1 Å². The molecule has 0 bridgehead atoms. The van der Waals surface area contributed by atoms with Gasteiger partial charge in [0.25, 0.3) is 5.91 Å². The number of rotatable bonds is 5. The molecule has 1 unspecified atom stereocenters. The monoisotopic (exact) mass is 306 g/mol. The van der Waals surface area contributed by atoms with Crippen molar-refractivity contribution in [1.82, 2.24) is 10.2 Å². The summed E-state index contributed by atoms with van der Waals surface area (Å²) >= 11 is 0. The van der Waals surface area contributed by atoms with Gasteiger partial charge in [0.15, 0.2) is 11.7 Å². The predicted octanol–water partition coefficient (Wildman–Crippen LogP) is 1.75. The molecular weight excluding hydrogens is 280 g/mol. The molecule has 1 fully saturated rings. The van der Waals surface area contributed by atoms with E-state index >= 15 is 0 Å². The van der Waals surface area contributed by atoms with E-state index in [9.17, 15) is 4.79 Å². The zero-order valence-corrected chi connectivity index (χ0v) is 13.5. The first kappa shape index (κ1) is 16.4. The number of piperidine rings is 1. The maximum absolute atomic E-state index is 11.8. The van der Waals surface area contributed by atoms with Crippen LogP contribution in [0.4, 0.5) is 0 Å². The molecule has 1 aliphatic heterocycles. The van der Waals surface area contributed by atoms with Gasteiger partial charge in [-0.1, -0.05) is 6.92 Å². The van der Waals surface area contributed by atoms with Gasteiger partial charge in [0.2, 0.25) is 0 Å². The standard InChI is InChI=1S/C16H26N4O2/c1-12-5-3-9-20(11-12)16(17)19-8-4-7-18-15(21)14-13(2)6-10-22-14/h6,10,12H,3-5,7-9,11H2,1-2H3,(H2,17,19)(H,18,21). The molecule has 2 heterocycles. The molecule has 122 valence electrons. The fourth-order valence-electron chi connectivity index (χ4n) is 2.66. The number of nitrogens with zero attached hydrogens (tertiary/aromatic N) is 2. The third-order valence-corrected chi connectivity index (χ3v) is 3.94. The van der Waals surface area contributed by atoms with Crippen LogP contribution >= 0.6 is 0 Å². The number of aryl methyl sites for hydroxylation is 1. The molecule has 0 aliphatic carbocycles. The fourth-order valence-corrected chi connectivity index (χ4v) is 2.66. The van der Waals surface area contributed by atoms with Crippen LogP contribution in [0.25, 0.3) is 0 Å². The zero-order valence-electron chi connectivity index (χ0n) is 13.5. The largest absolute Gasteiger partial charge is 0.459 e. The summed E-state index contributed by atoms with van der Waals surface area (Å²) in [4.78, 5) is 18.4. The van der Waals surface area contributed by atoms with Crippen LogP contribution in [0.3, 0.4) is 0 Å². The van der Waals surface area contributed by atoms with E-state index in [0.29, 0.717) is 30.7 Å². The maximum Gasteiger partial charge on any atom is 0.287 e. The Kier molecular flexibility index (Phi) is 5.86. The number of nitrogens with two attached hydrogens (primary N) is 1. The summed E-state index contributed by atoms with van der Waals surface area (Å²) < 4.78 is 5.14. The highest BCUT2D eigenvalue weighted by Crippen LogP contribution is 2.14. The number of hydrogen-bond donors (Lipinski definition) is 2. The number of aliphatic imine (C=N–C) groups is 1. The summed E-state index contributed by atoms with van der Waals surface area (Å²) in [5.74, 6) is 1.51. The Hall–Kier alpha value is -1.98. The third kappa shape index (κ3) is 4.51. The van der Waals surface area contributed by atoms with Crippen LogP contribution in [0.1, 0.15) is 42.3 Å². The first-order valence-corrected chi connectivity index (χ1v) is 7.95. The molecule has 1 amide bonds. The van der Waals surface area contributed by atoms with Crippen molar-refractivity contribution in [2.24, 2.45) is 16.6 Å². The van der Waals surface area contributed by atoms with E-state index < -0.39 is 0 Å². The molecule has 0 saturated carbocycles. The second kappa shape index (κ2) is 7.87. The van der Waals surface area contributed by atoms with Gasteiger partial charge in [0, 0.05) is 31.7 Å². The van der Waals surface area contributed by atoms with Gasteiger partial charge in [0.05, 0.1) is 6.26 Å². The van der Waals surface area contributed by atoms with Gasteiger partial charge in [-0.15, -0.1) is 0 Å². The number of guanidine groups is 1. The number of amides is 1. The Bertz CT molecular complexity index is 524. The third-order valence-electron chi connectivity index (χ3n) is 3.94. The van der Waals surface area contributed by atoms with Crippen molar-refractivity contribution in [1.29, 1.82) is 0 Å². The van der Waals surface area contributed by atoms with Crippen molar-refractivity contribution in [3.63, 3.8) is 0 Å². The molecule has 0 aromatic carbocycles. The Labute approximate surface area is 131 Å². The minimum absolute atomic E-state index is 0.177. The molecule has 3 N–H and O–H groups in total. The summed E-state index contributed by atoms with van der Waals surface area (Å²) in [6.07, 6.45) is 4.72. The SMILES string of the molecule is Cc1ccoc1C(=O)NCCCN=C(N)N1CCCC(C)C1. The fraction of sp³-hybridized carbons (Fsp3) is 0.625. The van der Waals surface area contributed by atoms with Gasteiger partial charge in [-0.05, 0) is 38.2 Å². The summed E-state index contributed by atoms with van der Waals surface area (Å²) in [6.45, 7) is 7.26. The first-order valence-electron chi connectivity index (χ1n) is 7.95. The Morgan fingerprint density at radius 1 is 1.59 bits per heavy atom. The Balaban J connectivity index is 1.67. The van der Waals surface area contributed by atoms with E-state index in [1.54, 1.807) is 6.07 Å². The van der Waals surface area contributed by atoms with E-state index in [1.165, 1.54) is 19.1 Å². The minimum atomic E-state index is -0.177. The summed E-state index contributed by atoms with van der Waals surface area (Å²) in [6, 6.07) is 1.78. The van der Waals surface area contributed by atoms with Crippen molar-refractivity contribution in [3.8, 4) is 0 Å². The van der Waals surface area contributed by atoms with Crippen LogP contribution in [-0.2, 0) is 0 Å². The summed E-state index contributed by atoms with van der Waals surface area (Å²) in [5.41, 5.74) is 6.87. The van der Waals surface area contributed by atoms with Gasteiger partial charge < -0.3 is 20.4 Å². The second-order valence-electron chi connectivity index (χ2n) is 5.98. The number of carbonyl (C=O) groups is 1. The molecule has 2 rings (SSSR count). The second-order valence-corrected chi connectivity index (χ2v) is 5.98. The number of nitrogens with one attached hydrogen (secondary N) is 1. The van der Waals surface area contributed by atoms with Crippen molar-refractivity contribution in [2.45, 2.75) is 33.1 Å².